The van der Waals surface area contributed by atoms with Crippen LogP contribution in [0.5, 0.6) is 0 Å². The number of rotatable bonds is 6. The Labute approximate surface area is 189 Å². The Bertz CT molecular complexity index is 678. The third-order valence-corrected chi connectivity index (χ3v) is 11.1. The number of aliphatic hydroxyl groups is 2. The first-order valence-corrected chi connectivity index (χ1v) is 13.2. The Kier molecular flexibility index (Phi) is 6.31. The summed E-state index contributed by atoms with van der Waals surface area (Å²) in [6.07, 6.45) is 11.3. The molecule has 0 spiro atoms. The van der Waals surface area contributed by atoms with Crippen molar-refractivity contribution >= 4 is 5.97 Å². The van der Waals surface area contributed by atoms with Gasteiger partial charge in [0.2, 0.25) is 0 Å². The highest BCUT2D eigenvalue weighted by Gasteiger charge is 2.66. The maximum Gasteiger partial charge on any atom is 0.303 e. The van der Waals surface area contributed by atoms with Gasteiger partial charge in [-0.1, -0.05) is 34.1 Å². The Hall–Kier alpha value is -0.610. The van der Waals surface area contributed by atoms with Crippen LogP contribution in [-0.2, 0) is 4.79 Å². The van der Waals surface area contributed by atoms with Crippen LogP contribution in [0.1, 0.15) is 105 Å². The standard InChI is InChI=1S/C27H46O4/c1-5-12-27(31)16-18-15-19(28)10-13-25(18,3)22-11-14-26(4)20(7-8-21(26)24(22)27)17(2)6-9-23(29)30/h17-22,24,28,31H,5-16H2,1-4H3,(H,29,30)/t17-,18?,19?,20+,21+,22+,24+,25+,26-,27?/m1/s1. The van der Waals surface area contributed by atoms with Crippen LogP contribution in [-0.4, -0.2) is 33.0 Å². The van der Waals surface area contributed by atoms with Crippen molar-refractivity contribution in [2.24, 2.45) is 46.3 Å². The van der Waals surface area contributed by atoms with Gasteiger partial charge in [0.15, 0.2) is 0 Å². The summed E-state index contributed by atoms with van der Waals surface area (Å²) in [5.41, 5.74) is -0.136. The SMILES string of the molecule is CCCC1(O)CC2CC(O)CC[C@]2(C)[C@H]2CC[C@@]3(C)[C@@H](CC[C@H]3[C@H](C)CCC(=O)O)[C@@H]21. The molecule has 4 fully saturated rings. The number of carboxylic acids is 1. The molecule has 0 radical (unpaired) electrons. The van der Waals surface area contributed by atoms with Gasteiger partial charge in [-0.05, 0) is 111 Å². The molecule has 0 aromatic rings. The van der Waals surface area contributed by atoms with Crippen LogP contribution in [0.2, 0.25) is 0 Å². The summed E-state index contributed by atoms with van der Waals surface area (Å²) in [7, 11) is 0. The summed E-state index contributed by atoms with van der Waals surface area (Å²) >= 11 is 0. The first-order chi connectivity index (χ1) is 14.5. The molecule has 0 saturated heterocycles. The molecule has 31 heavy (non-hydrogen) atoms. The number of carboxylic acid groups (broad SMARTS) is 1. The van der Waals surface area contributed by atoms with Gasteiger partial charge in [-0.15, -0.1) is 0 Å². The average molecular weight is 435 g/mol. The minimum absolute atomic E-state index is 0.194. The second kappa shape index (κ2) is 8.31. The van der Waals surface area contributed by atoms with Crippen molar-refractivity contribution in [3.8, 4) is 0 Å². The minimum atomic E-state index is -0.682. The molecule has 0 aliphatic heterocycles. The molecule has 0 aromatic carbocycles. The zero-order valence-corrected chi connectivity index (χ0v) is 20.3. The minimum Gasteiger partial charge on any atom is -0.481 e. The summed E-state index contributed by atoms with van der Waals surface area (Å²) in [6.45, 7) is 9.43. The van der Waals surface area contributed by atoms with Crippen LogP contribution < -0.4 is 0 Å². The zero-order valence-electron chi connectivity index (χ0n) is 20.3. The molecule has 0 aromatic heterocycles. The Morgan fingerprint density at radius 2 is 1.74 bits per heavy atom. The van der Waals surface area contributed by atoms with Crippen molar-refractivity contribution in [2.75, 3.05) is 0 Å². The molecule has 4 aliphatic carbocycles. The molecule has 4 heteroatoms. The summed E-state index contributed by atoms with van der Waals surface area (Å²) in [5, 5.41) is 31.8. The fraction of sp³-hybridized carbons (Fsp3) is 0.963. The lowest BCUT2D eigenvalue weighted by Gasteiger charge is -2.66. The van der Waals surface area contributed by atoms with Crippen LogP contribution in [0.15, 0.2) is 0 Å². The van der Waals surface area contributed by atoms with E-state index in [2.05, 4.69) is 27.7 Å². The van der Waals surface area contributed by atoms with E-state index < -0.39 is 11.6 Å². The molecule has 3 N–H and O–H groups in total. The van der Waals surface area contributed by atoms with E-state index in [0.717, 1.165) is 44.9 Å². The van der Waals surface area contributed by atoms with Crippen LogP contribution in [0.4, 0.5) is 0 Å². The van der Waals surface area contributed by atoms with E-state index >= 15 is 0 Å². The van der Waals surface area contributed by atoms with E-state index in [1.54, 1.807) is 0 Å². The predicted molar refractivity (Wildman–Crippen MR) is 122 cm³/mol. The lowest BCUT2D eigenvalue weighted by molar-refractivity contribution is -0.221. The highest BCUT2D eigenvalue weighted by molar-refractivity contribution is 5.66. The van der Waals surface area contributed by atoms with Gasteiger partial charge >= 0.3 is 5.97 Å². The first-order valence-electron chi connectivity index (χ1n) is 13.2. The molecular weight excluding hydrogens is 388 g/mol. The molecular formula is C27H46O4. The molecule has 4 rings (SSSR count). The van der Waals surface area contributed by atoms with Crippen LogP contribution >= 0.6 is 0 Å². The Balaban J connectivity index is 1.65. The number of hydrogen-bond donors (Lipinski definition) is 3. The summed E-state index contributed by atoms with van der Waals surface area (Å²) in [6, 6.07) is 0. The van der Waals surface area contributed by atoms with Crippen molar-refractivity contribution in [2.45, 2.75) is 116 Å². The number of aliphatic hydroxyl groups excluding tert-OH is 1. The third kappa shape index (κ3) is 3.78. The summed E-state index contributed by atoms with van der Waals surface area (Å²) in [4.78, 5) is 11.2. The zero-order chi connectivity index (χ0) is 22.6. The van der Waals surface area contributed by atoms with E-state index in [1.165, 1.54) is 25.7 Å². The monoisotopic (exact) mass is 434 g/mol. The van der Waals surface area contributed by atoms with Gasteiger partial charge in [0.05, 0.1) is 11.7 Å². The van der Waals surface area contributed by atoms with E-state index in [9.17, 15) is 20.1 Å². The normalized spacial score (nSPS) is 50.3. The predicted octanol–water partition coefficient (Wildman–Crippen LogP) is 5.65. The van der Waals surface area contributed by atoms with E-state index in [4.69, 9.17) is 0 Å². The molecule has 10 atom stereocenters. The summed E-state index contributed by atoms with van der Waals surface area (Å²) < 4.78 is 0. The molecule has 4 saturated carbocycles. The number of carbonyl (C=O) groups is 1. The molecule has 3 unspecified atom stereocenters. The summed E-state index contributed by atoms with van der Waals surface area (Å²) in [5.74, 6) is 2.22. The molecule has 0 heterocycles. The lowest BCUT2D eigenvalue weighted by atomic mass is 9.40. The largest absolute Gasteiger partial charge is 0.481 e. The van der Waals surface area contributed by atoms with Gasteiger partial charge in [0.25, 0.3) is 0 Å². The number of hydrogen-bond acceptors (Lipinski definition) is 3. The van der Waals surface area contributed by atoms with Gasteiger partial charge in [-0.25, -0.2) is 0 Å². The maximum absolute atomic E-state index is 12.2. The van der Waals surface area contributed by atoms with E-state index in [0.29, 0.717) is 35.5 Å². The Morgan fingerprint density at radius 1 is 1.06 bits per heavy atom. The molecule has 178 valence electrons. The molecule has 0 bridgehead atoms. The van der Waals surface area contributed by atoms with Crippen molar-refractivity contribution in [3.05, 3.63) is 0 Å². The molecule has 0 amide bonds. The topological polar surface area (TPSA) is 77.8 Å². The fourth-order valence-corrected chi connectivity index (χ4v) is 9.62. The van der Waals surface area contributed by atoms with Crippen molar-refractivity contribution < 1.29 is 20.1 Å². The second-order valence-corrected chi connectivity index (χ2v) is 12.6. The van der Waals surface area contributed by atoms with Gasteiger partial charge in [-0.3, -0.25) is 4.79 Å². The smallest absolute Gasteiger partial charge is 0.303 e. The first kappa shape index (κ1) is 23.5. The maximum atomic E-state index is 12.2. The fourth-order valence-electron chi connectivity index (χ4n) is 9.62. The van der Waals surface area contributed by atoms with Gasteiger partial charge in [-0.2, -0.15) is 0 Å². The van der Waals surface area contributed by atoms with Gasteiger partial charge < -0.3 is 15.3 Å². The highest BCUT2D eigenvalue weighted by Crippen LogP contribution is 2.70. The van der Waals surface area contributed by atoms with Gasteiger partial charge in [0, 0.05) is 6.42 Å². The van der Waals surface area contributed by atoms with Crippen LogP contribution in [0, 0.1) is 46.3 Å². The average Bonchev–Trinajstić information content (AvgIpc) is 3.05. The molecule has 4 nitrogen and oxygen atoms in total. The van der Waals surface area contributed by atoms with Gasteiger partial charge in [0.1, 0.15) is 0 Å². The highest BCUT2D eigenvalue weighted by atomic mass is 16.4. The quantitative estimate of drug-likeness (QED) is 0.505. The second-order valence-electron chi connectivity index (χ2n) is 12.6. The third-order valence-electron chi connectivity index (χ3n) is 11.1. The lowest BCUT2D eigenvalue weighted by Crippen LogP contribution is -2.63. The van der Waals surface area contributed by atoms with Crippen molar-refractivity contribution in [1.29, 1.82) is 0 Å². The van der Waals surface area contributed by atoms with Crippen LogP contribution in [0.3, 0.4) is 0 Å². The molecule has 4 aliphatic rings. The number of fused-ring (bicyclic) bond motifs is 5. The van der Waals surface area contributed by atoms with E-state index in [-0.39, 0.29) is 23.4 Å². The Morgan fingerprint density at radius 3 is 2.42 bits per heavy atom. The van der Waals surface area contributed by atoms with Crippen molar-refractivity contribution in [1.82, 2.24) is 0 Å². The van der Waals surface area contributed by atoms with Crippen LogP contribution in [0.25, 0.3) is 0 Å². The van der Waals surface area contributed by atoms with E-state index in [1.807, 2.05) is 0 Å². The van der Waals surface area contributed by atoms with Crippen molar-refractivity contribution in [3.63, 3.8) is 0 Å². The number of aliphatic carboxylic acids is 1.